The fourth-order valence-corrected chi connectivity index (χ4v) is 2.06. The number of hydrogen-bond donors (Lipinski definition) is 2. The number of fused-ring (bicyclic) bond motifs is 1. The van der Waals surface area contributed by atoms with Gasteiger partial charge in [0.05, 0.1) is 6.61 Å². The Morgan fingerprint density at radius 1 is 1.67 bits per heavy atom. The van der Waals surface area contributed by atoms with Gasteiger partial charge in [-0.2, -0.15) is 0 Å². The van der Waals surface area contributed by atoms with Crippen molar-refractivity contribution in [3.05, 3.63) is 0 Å². The van der Waals surface area contributed by atoms with Gasteiger partial charge in [-0.05, 0) is 19.8 Å². The molecule has 1 heterocycles. The first-order valence-electron chi connectivity index (χ1n) is 3.64. The third-order valence-electron chi connectivity index (χ3n) is 2.70. The van der Waals surface area contributed by atoms with Crippen molar-refractivity contribution >= 4 is 0 Å². The molecule has 0 spiro atoms. The summed E-state index contributed by atoms with van der Waals surface area (Å²) in [5, 5.41) is 12.4. The molecule has 2 rings (SSSR count). The van der Waals surface area contributed by atoms with Gasteiger partial charge in [0.15, 0.2) is 0 Å². The lowest BCUT2D eigenvalue weighted by atomic mass is 10.0. The highest BCUT2D eigenvalue weighted by molar-refractivity contribution is 5.14. The lowest BCUT2D eigenvalue weighted by Gasteiger charge is -2.07. The molecule has 1 unspecified atom stereocenters. The molecule has 52 valence electrons. The van der Waals surface area contributed by atoms with Gasteiger partial charge in [0.25, 0.3) is 0 Å². The van der Waals surface area contributed by atoms with E-state index in [9.17, 15) is 0 Å². The number of nitrogens with one attached hydrogen (secondary N) is 1. The zero-order valence-corrected chi connectivity index (χ0v) is 5.72. The van der Waals surface area contributed by atoms with E-state index in [0.717, 1.165) is 0 Å². The molecule has 0 aromatic rings. The fraction of sp³-hybridized carbons (Fsp3) is 1.00. The fourth-order valence-electron chi connectivity index (χ4n) is 2.06. The molecule has 1 aliphatic heterocycles. The maximum absolute atomic E-state index is 8.94. The minimum atomic E-state index is 0.319. The Morgan fingerprint density at radius 3 is 2.78 bits per heavy atom. The molecular weight excluding hydrogens is 114 g/mol. The zero-order valence-electron chi connectivity index (χ0n) is 5.72. The van der Waals surface area contributed by atoms with Gasteiger partial charge in [0, 0.05) is 17.5 Å². The predicted octanol–water partition coefficient (Wildman–Crippen LogP) is 0.119. The summed E-state index contributed by atoms with van der Waals surface area (Å²) in [7, 11) is 0. The average Bonchev–Trinajstić information content (AvgIpc) is 2.38. The number of aliphatic hydroxyl groups is 1. The SMILES string of the molecule is C[C@@H]1C[C@]2(CO)CC2N1. The van der Waals surface area contributed by atoms with Crippen molar-refractivity contribution in [2.45, 2.75) is 31.8 Å². The van der Waals surface area contributed by atoms with E-state index >= 15 is 0 Å². The van der Waals surface area contributed by atoms with E-state index in [1.807, 2.05) is 0 Å². The van der Waals surface area contributed by atoms with Crippen molar-refractivity contribution in [1.29, 1.82) is 0 Å². The molecule has 2 heteroatoms. The first kappa shape index (κ1) is 5.69. The number of hydrogen-bond acceptors (Lipinski definition) is 2. The topological polar surface area (TPSA) is 32.3 Å². The molecule has 1 saturated heterocycles. The minimum absolute atomic E-state index is 0.319. The van der Waals surface area contributed by atoms with Gasteiger partial charge in [0.2, 0.25) is 0 Å². The van der Waals surface area contributed by atoms with Crippen LogP contribution in [0.3, 0.4) is 0 Å². The first-order chi connectivity index (χ1) is 4.27. The summed E-state index contributed by atoms with van der Waals surface area (Å²) in [6.07, 6.45) is 2.38. The van der Waals surface area contributed by atoms with Crippen LogP contribution in [-0.2, 0) is 0 Å². The minimum Gasteiger partial charge on any atom is -0.396 e. The maximum atomic E-state index is 8.94. The summed E-state index contributed by atoms with van der Waals surface area (Å²) in [6.45, 7) is 2.57. The summed E-state index contributed by atoms with van der Waals surface area (Å²) >= 11 is 0. The van der Waals surface area contributed by atoms with Crippen molar-refractivity contribution in [2.75, 3.05) is 6.61 Å². The number of aliphatic hydroxyl groups excluding tert-OH is 1. The van der Waals surface area contributed by atoms with Gasteiger partial charge in [-0.1, -0.05) is 0 Å². The van der Waals surface area contributed by atoms with Crippen LogP contribution in [0.4, 0.5) is 0 Å². The molecule has 0 aromatic carbocycles. The predicted molar refractivity (Wildman–Crippen MR) is 35.1 cm³/mol. The Hall–Kier alpha value is -0.0800. The monoisotopic (exact) mass is 127 g/mol. The molecule has 9 heavy (non-hydrogen) atoms. The van der Waals surface area contributed by atoms with Crippen molar-refractivity contribution in [2.24, 2.45) is 5.41 Å². The van der Waals surface area contributed by atoms with E-state index in [0.29, 0.717) is 24.1 Å². The van der Waals surface area contributed by atoms with Gasteiger partial charge >= 0.3 is 0 Å². The van der Waals surface area contributed by atoms with Gasteiger partial charge in [-0.15, -0.1) is 0 Å². The molecule has 0 aromatic heterocycles. The van der Waals surface area contributed by atoms with E-state index < -0.39 is 0 Å². The zero-order chi connectivity index (χ0) is 6.48. The highest BCUT2D eigenvalue weighted by atomic mass is 16.3. The molecule has 1 aliphatic carbocycles. The van der Waals surface area contributed by atoms with Crippen LogP contribution in [0.25, 0.3) is 0 Å². The standard InChI is InChI=1S/C7H13NO/c1-5-2-7(4-9)3-6(7)8-5/h5-6,8-9H,2-4H2,1H3/t5-,6?,7-/m1/s1. The van der Waals surface area contributed by atoms with E-state index in [1.54, 1.807) is 0 Å². The van der Waals surface area contributed by atoms with Crippen LogP contribution < -0.4 is 5.32 Å². The van der Waals surface area contributed by atoms with Crippen molar-refractivity contribution < 1.29 is 5.11 Å². The average molecular weight is 127 g/mol. The van der Waals surface area contributed by atoms with E-state index in [1.165, 1.54) is 12.8 Å². The molecule has 0 radical (unpaired) electrons. The van der Waals surface area contributed by atoms with Crippen LogP contribution in [0.1, 0.15) is 19.8 Å². The Labute approximate surface area is 55.3 Å². The van der Waals surface area contributed by atoms with E-state index in [4.69, 9.17) is 5.11 Å². The maximum Gasteiger partial charge on any atom is 0.0503 e. The molecule has 0 bridgehead atoms. The first-order valence-corrected chi connectivity index (χ1v) is 3.64. The third-order valence-corrected chi connectivity index (χ3v) is 2.70. The Bertz CT molecular complexity index is 133. The summed E-state index contributed by atoms with van der Waals surface area (Å²) in [5.74, 6) is 0. The molecule has 2 nitrogen and oxygen atoms in total. The summed E-state index contributed by atoms with van der Waals surface area (Å²) in [4.78, 5) is 0. The molecule has 2 fully saturated rings. The molecule has 1 saturated carbocycles. The van der Waals surface area contributed by atoms with Gasteiger partial charge in [-0.25, -0.2) is 0 Å². The van der Waals surface area contributed by atoms with Gasteiger partial charge in [0.1, 0.15) is 0 Å². The van der Waals surface area contributed by atoms with Crippen LogP contribution in [-0.4, -0.2) is 23.8 Å². The second kappa shape index (κ2) is 1.50. The second-order valence-corrected chi connectivity index (χ2v) is 3.55. The van der Waals surface area contributed by atoms with Crippen molar-refractivity contribution in [1.82, 2.24) is 5.32 Å². The van der Waals surface area contributed by atoms with Gasteiger partial charge < -0.3 is 10.4 Å². The molecule has 3 atom stereocenters. The highest BCUT2D eigenvalue weighted by Crippen LogP contribution is 2.53. The number of rotatable bonds is 1. The van der Waals surface area contributed by atoms with E-state index in [2.05, 4.69) is 12.2 Å². The van der Waals surface area contributed by atoms with Crippen molar-refractivity contribution in [3.8, 4) is 0 Å². The third kappa shape index (κ3) is 0.634. The molecule has 2 N–H and O–H groups in total. The highest BCUT2D eigenvalue weighted by Gasteiger charge is 2.58. The smallest absolute Gasteiger partial charge is 0.0503 e. The van der Waals surface area contributed by atoms with Crippen LogP contribution in [0.2, 0.25) is 0 Å². The van der Waals surface area contributed by atoms with E-state index in [-0.39, 0.29) is 0 Å². The normalized spacial score (nSPS) is 55.3. The summed E-state index contributed by atoms with van der Waals surface area (Å²) in [5.41, 5.74) is 0.319. The lowest BCUT2D eigenvalue weighted by molar-refractivity contribution is 0.209. The van der Waals surface area contributed by atoms with Crippen molar-refractivity contribution in [3.63, 3.8) is 0 Å². The Morgan fingerprint density at radius 2 is 2.44 bits per heavy atom. The molecular formula is C7H13NO. The van der Waals surface area contributed by atoms with Crippen LogP contribution in [0.15, 0.2) is 0 Å². The van der Waals surface area contributed by atoms with Gasteiger partial charge in [-0.3, -0.25) is 0 Å². The Balaban J connectivity index is 2.05. The Kier molecular flexibility index (Phi) is 0.945. The van der Waals surface area contributed by atoms with Crippen LogP contribution in [0, 0.1) is 5.41 Å². The molecule has 2 aliphatic rings. The lowest BCUT2D eigenvalue weighted by Crippen LogP contribution is -2.21. The number of piperidine rings is 1. The van der Waals surface area contributed by atoms with Crippen LogP contribution >= 0.6 is 0 Å². The second-order valence-electron chi connectivity index (χ2n) is 3.55. The molecule has 0 amide bonds. The summed E-state index contributed by atoms with van der Waals surface area (Å²) in [6, 6.07) is 1.29. The summed E-state index contributed by atoms with van der Waals surface area (Å²) < 4.78 is 0. The largest absolute Gasteiger partial charge is 0.396 e. The van der Waals surface area contributed by atoms with Crippen LogP contribution in [0.5, 0.6) is 0 Å². The quantitative estimate of drug-likeness (QED) is 0.524.